The predicted octanol–water partition coefficient (Wildman–Crippen LogP) is 3.49. The summed E-state index contributed by atoms with van der Waals surface area (Å²) in [6, 6.07) is 8.91. The van der Waals surface area contributed by atoms with Gasteiger partial charge < -0.3 is 11.1 Å². The normalized spacial score (nSPS) is 10.0. The van der Waals surface area contributed by atoms with Crippen molar-refractivity contribution < 1.29 is 9.18 Å². The number of hydrogen-bond acceptors (Lipinski definition) is 3. The van der Waals surface area contributed by atoms with Crippen LogP contribution in [0.3, 0.4) is 0 Å². The molecule has 0 saturated heterocycles. The molecule has 3 N–H and O–H groups in total. The third-order valence-corrected chi connectivity index (χ3v) is 3.32. The molecule has 2 rings (SSSR count). The molecule has 0 fully saturated rings. The molecule has 0 aliphatic rings. The van der Waals surface area contributed by atoms with E-state index < -0.39 is 11.7 Å². The topological polar surface area (TPSA) is 78.9 Å². The maximum atomic E-state index is 13.6. The van der Waals surface area contributed by atoms with E-state index in [0.717, 1.165) is 6.07 Å². The Hall–Kier alpha value is -2.58. The number of nitrogens with two attached hydrogens (primary N) is 1. The largest absolute Gasteiger partial charge is 0.398 e. The maximum absolute atomic E-state index is 13.6. The molecular formula is C15H11ClFN3O. The molecule has 0 atom stereocenters. The lowest BCUT2D eigenvalue weighted by atomic mass is 10.1. The van der Waals surface area contributed by atoms with E-state index in [1.807, 2.05) is 6.07 Å². The van der Waals surface area contributed by atoms with Gasteiger partial charge in [0.05, 0.1) is 10.6 Å². The zero-order chi connectivity index (χ0) is 15.6. The Bertz CT molecular complexity index is 745. The van der Waals surface area contributed by atoms with E-state index in [0.29, 0.717) is 16.3 Å². The highest BCUT2D eigenvalue weighted by molar-refractivity contribution is 6.31. The van der Waals surface area contributed by atoms with Crippen molar-refractivity contribution in [1.29, 1.82) is 5.26 Å². The fraction of sp³-hybridized carbons (Fsp3) is 0.0667. The van der Waals surface area contributed by atoms with Crippen LogP contribution in [0.15, 0.2) is 30.3 Å². The van der Waals surface area contributed by atoms with Crippen molar-refractivity contribution in [3.63, 3.8) is 0 Å². The Labute approximate surface area is 125 Å². The average Bonchev–Trinajstić information content (AvgIpc) is 2.46. The molecule has 0 aliphatic heterocycles. The molecular weight excluding hydrogens is 293 g/mol. The van der Waals surface area contributed by atoms with Gasteiger partial charge in [0.15, 0.2) is 0 Å². The predicted molar refractivity (Wildman–Crippen MR) is 79.7 cm³/mol. The van der Waals surface area contributed by atoms with Gasteiger partial charge in [-0.1, -0.05) is 11.6 Å². The van der Waals surface area contributed by atoms with Crippen LogP contribution in [0.4, 0.5) is 15.8 Å². The van der Waals surface area contributed by atoms with Gasteiger partial charge in [-0.25, -0.2) is 4.39 Å². The standard InChI is InChI=1S/C15H11ClFN3O/c1-8-13(17)5-9(6-14(8)19)15(21)20-11-2-3-12(16)10(4-11)7-18/h2-6H,19H2,1H3,(H,20,21). The van der Waals surface area contributed by atoms with E-state index in [1.54, 1.807) is 6.07 Å². The molecule has 0 spiro atoms. The van der Waals surface area contributed by atoms with E-state index in [9.17, 15) is 9.18 Å². The summed E-state index contributed by atoms with van der Waals surface area (Å²) < 4.78 is 13.6. The molecule has 0 radical (unpaired) electrons. The Kier molecular flexibility index (Phi) is 4.10. The lowest BCUT2D eigenvalue weighted by molar-refractivity contribution is 0.102. The fourth-order valence-corrected chi connectivity index (χ4v) is 1.88. The summed E-state index contributed by atoms with van der Waals surface area (Å²) in [5, 5.41) is 11.7. The molecule has 0 heterocycles. The molecule has 106 valence electrons. The van der Waals surface area contributed by atoms with Crippen LogP contribution in [-0.2, 0) is 0 Å². The average molecular weight is 304 g/mol. The molecule has 21 heavy (non-hydrogen) atoms. The smallest absolute Gasteiger partial charge is 0.255 e. The van der Waals surface area contributed by atoms with Crippen molar-refractivity contribution in [2.45, 2.75) is 6.92 Å². The molecule has 6 heteroatoms. The van der Waals surface area contributed by atoms with Gasteiger partial charge in [-0.3, -0.25) is 4.79 Å². The minimum atomic E-state index is -0.547. The third kappa shape index (κ3) is 3.12. The van der Waals surface area contributed by atoms with Gasteiger partial charge in [0.1, 0.15) is 11.9 Å². The van der Waals surface area contributed by atoms with Gasteiger partial charge in [0, 0.05) is 22.5 Å². The fourth-order valence-electron chi connectivity index (χ4n) is 1.72. The van der Waals surface area contributed by atoms with Crippen LogP contribution in [0.2, 0.25) is 5.02 Å². The highest BCUT2D eigenvalue weighted by Gasteiger charge is 2.12. The van der Waals surface area contributed by atoms with Crippen LogP contribution in [-0.4, -0.2) is 5.91 Å². The van der Waals surface area contributed by atoms with Gasteiger partial charge in [0.25, 0.3) is 5.91 Å². The Balaban J connectivity index is 2.28. The van der Waals surface area contributed by atoms with Gasteiger partial charge in [-0.05, 0) is 37.3 Å². The van der Waals surface area contributed by atoms with Crippen molar-refractivity contribution in [3.05, 3.63) is 57.9 Å². The quantitative estimate of drug-likeness (QED) is 0.833. The summed E-state index contributed by atoms with van der Waals surface area (Å²) >= 11 is 5.81. The number of nitriles is 1. The Morgan fingerprint density at radius 2 is 2.10 bits per heavy atom. The lowest BCUT2D eigenvalue weighted by Gasteiger charge is -2.09. The number of halogens is 2. The van der Waals surface area contributed by atoms with Crippen molar-refractivity contribution in [1.82, 2.24) is 0 Å². The van der Waals surface area contributed by atoms with E-state index in [2.05, 4.69) is 5.32 Å². The van der Waals surface area contributed by atoms with Crippen LogP contribution in [0.5, 0.6) is 0 Å². The zero-order valence-electron chi connectivity index (χ0n) is 11.1. The summed E-state index contributed by atoms with van der Waals surface area (Å²) in [6.45, 7) is 1.53. The number of carbonyl (C=O) groups excluding carboxylic acids is 1. The number of nitrogens with zero attached hydrogens (tertiary/aromatic N) is 1. The first-order chi connectivity index (χ1) is 9.92. The number of amides is 1. The van der Waals surface area contributed by atoms with Crippen molar-refractivity contribution >= 4 is 28.9 Å². The number of rotatable bonds is 2. The summed E-state index contributed by atoms with van der Waals surface area (Å²) in [6.07, 6.45) is 0. The molecule has 0 bridgehead atoms. The third-order valence-electron chi connectivity index (χ3n) is 2.99. The monoisotopic (exact) mass is 303 g/mol. The van der Waals surface area contributed by atoms with Crippen LogP contribution < -0.4 is 11.1 Å². The Morgan fingerprint density at radius 3 is 2.71 bits per heavy atom. The molecule has 2 aromatic rings. The summed E-state index contributed by atoms with van der Waals surface area (Å²) in [5.41, 5.74) is 6.87. The number of carbonyl (C=O) groups is 1. The summed E-state index contributed by atoms with van der Waals surface area (Å²) in [7, 11) is 0. The molecule has 4 nitrogen and oxygen atoms in total. The number of nitrogen functional groups attached to an aromatic ring is 1. The van der Waals surface area contributed by atoms with E-state index >= 15 is 0 Å². The zero-order valence-corrected chi connectivity index (χ0v) is 11.8. The summed E-state index contributed by atoms with van der Waals surface area (Å²) in [4.78, 5) is 12.1. The molecule has 0 aromatic heterocycles. The molecule has 0 saturated carbocycles. The van der Waals surface area contributed by atoms with Crippen molar-refractivity contribution in [2.75, 3.05) is 11.1 Å². The molecule has 2 aromatic carbocycles. The number of nitrogens with one attached hydrogen (secondary N) is 1. The summed E-state index contributed by atoms with van der Waals surface area (Å²) in [5.74, 6) is -1.07. The van der Waals surface area contributed by atoms with E-state index in [-0.39, 0.29) is 16.8 Å². The maximum Gasteiger partial charge on any atom is 0.255 e. The minimum absolute atomic E-state index is 0.101. The molecule has 0 unspecified atom stereocenters. The second-order valence-electron chi connectivity index (χ2n) is 4.43. The van der Waals surface area contributed by atoms with Crippen LogP contribution in [0.25, 0.3) is 0 Å². The van der Waals surface area contributed by atoms with Crippen molar-refractivity contribution in [2.24, 2.45) is 0 Å². The van der Waals surface area contributed by atoms with Gasteiger partial charge in [0.2, 0.25) is 0 Å². The van der Waals surface area contributed by atoms with E-state index in [4.69, 9.17) is 22.6 Å². The second-order valence-corrected chi connectivity index (χ2v) is 4.84. The van der Waals surface area contributed by atoms with Gasteiger partial charge >= 0.3 is 0 Å². The first-order valence-electron chi connectivity index (χ1n) is 5.99. The minimum Gasteiger partial charge on any atom is -0.398 e. The SMILES string of the molecule is Cc1c(N)cc(C(=O)Nc2ccc(Cl)c(C#N)c2)cc1F. The van der Waals surface area contributed by atoms with Gasteiger partial charge in [-0.2, -0.15) is 5.26 Å². The first kappa shape index (κ1) is 14.8. The highest BCUT2D eigenvalue weighted by atomic mass is 35.5. The van der Waals surface area contributed by atoms with Gasteiger partial charge in [-0.15, -0.1) is 0 Å². The van der Waals surface area contributed by atoms with Crippen LogP contribution >= 0.6 is 11.6 Å². The number of hydrogen-bond donors (Lipinski definition) is 2. The number of benzene rings is 2. The van der Waals surface area contributed by atoms with Crippen LogP contribution in [0.1, 0.15) is 21.5 Å². The molecule has 1 amide bonds. The first-order valence-corrected chi connectivity index (χ1v) is 6.37. The van der Waals surface area contributed by atoms with Crippen molar-refractivity contribution in [3.8, 4) is 6.07 Å². The second kappa shape index (κ2) is 5.81. The Morgan fingerprint density at radius 1 is 1.38 bits per heavy atom. The molecule has 0 aliphatic carbocycles. The highest BCUT2D eigenvalue weighted by Crippen LogP contribution is 2.22. The number of anilines is 2. The van der Waals surface area contributed by atoms with Crippen LogP contribution in [0, 0.1) is 24.1 Å². The lowest BCUT2D eigenvalue weighted by Crippen LogP contribution is -2.13. The van der Waals surface area contributed by atoms with E-state index in [1.165, 1.54) is 25.1 Å².